The summed E-state index contributed by atoms with van der Waals surface area (Å²) in [6.45, 7) is 5.65. The van der Waals surface area contributed by atoms with Crippen LogP contribution in [0.5, 0.6) is 0 Å². The van der Waals surface area contributed by atoms with Crippen LogP contribution in [0.2, 0.25) is 0 Å². The van der Waals surface area contributed by atoms with Crippen molar-refractivity contribution in [3.05, 3.63) is 23.8 Å². The van der Waals surface area contributed by atoms with E-state index in [1.54, 1.807) is 38.9 Å². The van der Waals surface area contributed by atoms with E-state index in [2.05, 4.69) is 4.72 Å². The molecule has 1 heterocycles. The quantitative estimate of drug-likeness (QED) is 0.844. The van der Waals surface area contributed by atoms with Crippen molar-refractivity contribution in [3.63, 3.8) is 0 Å². The van der Waals surface area contributed by atoms with Crippen LogP contribution in [0.1, 0.15) is 26.3 Å². The summed E-state index contributed by atoms with van der Waals surface area (Å²) in [6.07, 6.45) is 0. The average Bonchev–Trinajstić information content (AvgIpc) is 2.71. The van der Waals surface area contributed by atoms with Crippen LogP contribution in [0.15, 0.2) is 23.1 Å². The first-order valence-electron chi connectivity index (χ1n) is 7.68. The highest BCUT2D eigenvalue weighted by Gasteiger charge is 2.43. The molecular formula is C16H23N3O4S. The maximum absolute atomic E-state index is 12.5. The van der Waals surface area contributed by atoms with Gasteiger partial charge < -0.3 is 9.80 Å². The van der Waals surface area contributed by atoms with Crippen molar-refractivity contribution in [1.82, 2.24) is 9.62 Å². The standard InChI is InChI=1S/C16H23N3O4S/c1-6-19-13-8-7-11(9-12(13)16(2,3)15(19)21)24(22,23)17-10-14(20)18(4)5/h7-9,17H,6,10H2,1-5H3. The maximum Gasteiger partial charge on any atom is 0.241 e. The summed E-state index contributed by atoms with van der Waals surface area (Å²) in [4.78, 5) is 27.1. The van der Waals surface area contributed by atoms with Gasteiger partial charge in [-0.1, -0.05) is 0 Å². The van der Waals surface area contributed by atoms with Gasteiger partial charge in [0.1, 0.15) is 0 Å². The summed E-state index contributed by atoms with van der Waals surface area (Å²) in [5.41, 5.74) is 0.628. The summed E-state index contributed by atoms with van der Waals surface area (Å²) in [6, 6.07) is 4.62. The Morgan fingerprint density at radius 3 is 2.46 bits per heavy atom. The van der Waals surface area contributed by atoms with Gasteiger partial charge in [-0.15, -0.1) is 0 Å². The van der Waals surface area contributed by atoms with Gasteiger partial charge in [-0.3, -0.25) is 9.59 Å². The number of likely N-dealkylation sites (N-methyl/N-ethyl adjacent to an activating group) is 2. The van der Waals surface area contributed by atoms with Crippen molar-refractivity contribution >= 4 is 27.5 Å². The zero-order chi connectivity index (χ0) is 18.3. The van der Waals surface area contributed by atoms with Gasteiger partial charge in [-0.2, -0.15) is 0 Å². The Labute approximate surface area is 142 Å². The largest absolute Gasteiger partial charge is 0.348 e. The second-order valence-corrected chi connectivity index (χ2v) is 8.23. The van der Waals surface area contributed by atoms with Gasteiger partial charge in [0.15, 0.2) is 0 Å². The minimum Gasteiger partial charge on any atom is -0.348 e. The van der Waals surface area contributed by atoms with Crippen LogP contribution in [-0.2, 0) is 25.0 Å². The fourth-order valence-corrected chi connectivity index (χ4v) is 3.69. The van der Waals surface area contributed by atoms with E-state index in [0.29, 0.717) is 12.1 Å². The molecule has 0 atom stereocenters. The van der Waals surface area contributed by atoms with Gasteiger partial charge in [-0.05, 0) is 44.5 Å². The molecule has 2 rings (SSSR count). The molecule has 2 amide bonds. The molecule has 0 saturated carbocycles. The van der Waals surface area contributed by atoms with Crippen LogP contribution >= 0.6 is 0 Å². The molecule has 7 nitrogen and oxygen atoms in total. The average molecular weight is 353 g/mol. The Morgan fingerprint density at radius 1 is 1.29 bits per heavy atom. The molecule has 132 valence electrons. The fourth-order valence-electron chi connectivity index (χ4n) is 2.69. The normalized spacial score (nSPS) is 16.2. The maximum atomic E-state index is 12.5. The molecule has 0 spiro atoms. The van der Waals surface area contributed by atoms with E-state index in [0.717, 1.165) is 5.69 Å². The first-order chi connectivity index (χ1) is 11.0. The first-order valence-corrected chi connectivity index (χ1v) is 9.17. The summed E-state index contributed by atoms with van der Waals surface area (Å²) in [5.74, 6) is -0.391. The van der Waals surface area contributed by atoms with E-state index in [1.165, 1.54) is 17.0 Å². The molecule has 0 aromatic heterocycles. The Kier molecular flexibility index (Phi) is 4.74. The van der Waals surface area contributed by atoms with Gasteiger partial charge in [0.2, 0.25) is 21.8 Å². The second kappa shape index (κ2) is 6.18. The van der Waals surface area contributed by atoms with E-state index in [4.69, 9.17) is 0 Å². The van der Waals surface area contributed by atoms with Crippen LogP contribution < -0.4 is 9.62 Å². The lowest BCUT2D eigenvalue weighted by molar-refractivity contribution is -0.127. The second-order valence-electron chi connectivity index (χ2n) is 6.47. The Morgan fingerprint density at radius 2 is 1.92 bits per heavy atom. The van der Waals surface area contributed by atoms with Gasteiger partial charge in [-0.25, -0.2) is 13.1 Å². The number of carbonyl (C=O) groups is 2. The molecular weight excluding hydrogens is 330 g/mol. The summed E-state index contributed by atoms with van der Waals surface area (Å²) in [7, 11) is -0.720. The number of amides is 2. The van der Waals surface area contributed by atoms with Crippen LogP contribution in [0.3, 0.4) is 0 Å². The van der Waals surface area contributed by atoms with E-state index < -0.39 is 15.4 Å². The minimum absolute atomic E-state index is 0.0478. The molecule has 0 radical (unpaired) electrons. The van der Waals surface area contributed by atoms with Crippen molar-refractivity contribution in [2.24, 2.45) is 0 Å². The zero-order valence-corrected chi connectivity index (χ0v) is 15.4. The predicted octanol–water partition coefficient (Wildman–Crippen LogP) is 0.697. The van der Waals surface area contributed by atoms with E-state index >= 15 is 0 Å². The third kappa shape index (κ3) is 3.03. The third-order valence-corrected chi connectivity index (χ3v) is 5.65. The van der Waals surface area contributed by atoms with Gasteiger partial charge in [0, 0.05) is 26.3 Å². The SMILES string of the molecule is CCN1C(=O)C(C)(C)c2cc(S(=O)(=O)NCC(=O)N(C)C)ccc21. The molecule has 0 bridgehead atoms. The van der Waals surface area contributed by atoms with E-state index in [9.17, 15) is 18.0 Å². The first kappa shape index (κ1) is 18.4. The molecule has 8 heteroatoms. The van der Waals surface area contributed by atoms with Crippen molar-refractivity contribution in [2.75, 3.05) is 32.1 Å². The molecule has 0 unspecified atom stereocenters. The molecule has 1 aromatic carbocycles. The summed E-state index contributed by atoms with van der Waals surface area (Å²) in [5, 5.41) is 0. The Balaban J connectivity index is 2.37. The van der Waals surface area contributed by atoms with Crippen molar-refractivity contribution < 1.29 is 18.0 Å². The molecule has 1 aliphatic rings. The number of hydrogen-bond donors (Lipinski definition) is 1. The summed E-state index contributed by atoms with van der Waals surface area (Å²) < 4.78 is 27.1. The van der Waals surface area contributed by atoms with Crippen LogP contribution in [0.4, 0.5) is 5.69 Å². The Hall–Kier alpha value is -1.93. The number of benzene rings is 1. The molecule has 0 saturated heterocycles. The van der Waals surface area contributed by atoms with Crippen LogP contribution in [0, 0.1) is 0 Å². The van der Waals surface area contributed by atoms with E-state index in [-0.39, 0.29) is 23.3 Å². The van der Waals surface area contributed by atoms with E-state index in [1.807, 2.05) is 6.92 Å². The molecule has 1 N–H and O–H groups in total. The smallest absolute Gasteiger partial charge is 0.241 e. The van der Waals surface area contributed by atoms with Crippen LogP contribution in [0.25, 0.3) is 0 Å². The molecule has 24 heavy (non-hydrogen) atoms. The molecule has 1 aliphatic heterocycles. The molecule has 0 fully saturated rings. The topological polar surface area (TPSA) is 86.8 Å². The van der Waals surface area contributed by atoms with Gasteiger partial charge >= 0.3 is 0 Å². The number of nitrogens with one attached hydrogen (secondary N) is 1. The van der Waals surface area contributed by atoms with Crippen molar-refractivity contribution in [2.45, 2.75) is 31.1 Å². The Bertz CT molecular complexity index is 785. The van der Waals surface area contributed by atoms with Gasteiger partial charge in [0.05, 0.1) is 16.9 Å². The minimum atomic E-state index is -3.83. The number of hydrogen-bond acceptors (Lipinski definition) is 4. The van der Waals surface area contributed by atoms with Gasteiger partial charge in [0.25, 0.3) is 0 Å². The summed E-state index contributed by atoms with van der Waals surface area (Å²) >= 11 is 0. The molecule has 1 aromatic rings. The number of nitrogens with zero attached hydrogens (tertiary/aromatic N) is 2. The highest BCUT2D eigenvalue weighted by atomic mass is 32.2. The lowest BCUT2D eigenvalue weighted by Gasteiger charge is -2.18. The zero-order valence-electron chi connectivity index (χ0n) is 14.6. The number of carbonyl (C=O) groups excluding carboxylic acids is 2. The van der Waals surface area contributed by atoms with Crippen molar-refractivity contribution in [3.8, 4) is 0 Å². The number of rotatable bonds is 5. The monoisotopic (exact) mass is 353 g/mol. The highest BCUT2D eigenvalue weighted by molar-refractivity contribution is 7.89. The fraction of sp³-hybridized carbons (Fsp3) is 0.500. The lowest BCUT2D eigenvalue weighted by atomic mass is 9.86. The number of sulfonamides is 1. The van der Waals surface area contributed by atoms with Crippen molar-refractivity contribution in [1.29, 1.82) is 0 Å². The molecule has 0 aliphatic carbocycles. The number of fused-ring (bicyclic) bond motifs is 1. The lowest BCUT2D eigenvalue weighted by Crippen LogP contribution is -2.36. The highest BCUT2D eigenvalue weighted by Crippen LogP contribution is 2.42. The van der Waals surface area contributed by atoms with Crippen LogP contribution in [-0.4, -0.2) is 52.3 Å². The number of anilines is 1. The third-order valence-electron chi connectivity index (χ3n) is 4.25. The predicted molar refractivity (Wildman–Crippen MR) is 91.4 cm³/mol.